The maximum absolute atomic E-state index is 15.4. The van der Waals surface area contributed by atoms with Crippen molar-refractivity contribution in [2.45, 2.75) is 26.1 Å². The van der Waals surface area contributed by atoms with E-state index in [1.165, 1.54) is 37.4 Å². The summed E-state index contributed by atoms with van der Waals surface area (Å²) in [6, 6.07) is 5.95. The summed E-state index contributed by atoms with van der Waals surface area (Å²) in [6.45, 7) is 4.91. The van der Waals surface area contributed by atoms with Gasteiger partial charge in [-0.15, -0.1) is 0 Å². The number of aromatic nitrogens is 2. The molecule has 9 nitrogen and oxygen atoms in total. The Balaban J connectivity index is 1.78. The zero-order chi connectivity index (χ0) is 28.5. The number of nitrogens with zero attached hydrogens (tertiary/aromatic N) is 3. The van der Waals surface area contributed by atoms with Gasteiger partial charge in [0.25, 0.3) is 5.91 Å². The lowest BCUT2D eigenvalue weighted by atomic mass is 10.0. The Morgan fingerprint density at radius 2 is 1.87 bits per heavy atom. The number of likely N-dealkylation sites (N-methyl/N-ethyl adjacent to an activating group) is 1. The van der Waals surface area contributed by atoms with Gasteiger partial charge in [0.2, 0.25) is 11.5 Å². The molecule has 2 aromatic heterocycles. The first kappa shape index (κ1) is 27.8. The van der Waals surface area contributed by atoms with Crippen LogP contribution in [0.1, 0.15) is 29.8 Å². The number of aromatic amines is 1. The first-order valence-corrected chi connectivity index (χ1v) is 12.0. The van der Waals surface area contributed by atoms with Gasteiger partial charge in [-0.3, -0.25) is 14.4 Å². The minimum absolute atomic E-state index is 0.0376. The summed E-state index contributed by atoms with van der Waals surface area (Å²) in [5.74, 6) is -1.85. The first-order valence-electron chi connectivity index (χ1n) is 12.0. The standard InChI is InChI=1S/C26H26F4N6O3/c1-14-13-36(7-6-35(14)3)22-10-20(27)17(16-4-5-23(31-11-16)33-15(2)37)8-21(22)34-25(39)18-12-32-24(38)9-19(18)26(28,29)30/h4-5,8-12,14H,6-7,13H2,1-3H3,(H,32,38)(H,34,39)(H,31,33,37)/t14-/m1/s1. The molecule has 0 spiro atoms. The van der Waals surface area contributed by atoms with Crippen molar-refractivity contribution in [3.63, 3.8) is 0 Å². The van der Waals surface area contributed by atoms with Gasteiger partial charge in [0.05, 0.1) is 22.5 Å². The average molecular weight is 547 g/mol. The van der Waals surface area contributed by atoms with Crippen LogP contribution in [0.25, 0.3) is 11.1 Å². The fourth-order valence-electron chi connectivity index (χ4n) is 4.30. The average Bonchev–Trinajstić information content (AvgIpc) is 2.86. The molecule has 3 heterocycles. The third-order valence-corrected chi connectivity index (χ3v) is 6.49. The molecule has 1 aliphatic heterocycles. The third kappa shape index (κ3) is 6.25. The van der Waals surface area contributed by atoms with Crippen molar-refractivity contribution >= 4 is 29.0 Å². The fraction of sp³-hybridized carbons (Fsp3) is 0.308. The number of H-pyrrole nitrogens is 1. The van der Waals surface area contributed by atoms with Crippen LogP contribution in [-0.2, 0) is 11.0 Å². The van der Waals surface area contributed by atoms with Crippen molar-refractivity contribution < 1.29 is 27.2 Å². The molecule has 1 saturated heterocycles. The molecule has 1 aliphatic rings. The number of halogens is 4. The molecule has 1 fully saturated rings. The number of anilines is 3. The number of hydrogen-bond acceptors (Lipinski definition) is 6. The Hall–Kier alpha value is -4.26. The molecule has 0 unspecified atom stereocenters. The van der Waals surface area contributed by atoms with Crippen LogP contribution in [0.15, 0.2) is 47.5 Å². The van der Waals surface area contributed by atoms with E-state index >= 15 is 4.39 Å². The highest BCUT2D eigenvalue weighted by Gasteiger charge is 2.36. The molecule has 4 rings (SSSR count). The van der Waals surface area contributed by atoms with Gasteiger partial charge in [0.1, 0.15) is 11.6 Å². The Kier molecular flexibility index (Phi) is 7.72. The lowest BCUT2D eigenvalue weighted by molar-refractivity contribution is -0.138. The number of hydrogen-bond donors (Lipinski definition) is 3. The smallest absolute Gasteiger partial charge is 0.367 e. The largest absolute Gasteiger partial charge is 0.417 e. The zero-order valence-corrected chi connectivity index (χ0v) is 21.3. The fourth-order valence-corrected chi connectivity index (χ4v) is 4.30. The topological polar surface area (TPSA) is 110 Å². The Morgan fingerprint density at radius 1 is 1.13 bits per heavy atom. The number of carbonyl (C=O) groups excluding carboxylic acids is 2. The Bertz CT molecular complexity index is 1460. The summed E-state index contributed by atoms with van der Waals surface area (Å²) in [6.07, 6.45) is -2.92. The molecule has 1 atom stereocenters. The van der Waals surface area contributed by atoms with Crippen molar-refractivity contribution in [2.75, 3.05) is 42.2 Å². The second kappa shape index (κ2) is 10.8. The molecule has 3 N–H and O–H groups in total. The predicted octanol–water partition coefficient (Wildman–Crippen LogP) is 3.95. The number of nitrogens with one attached hydrogen (secondary N) is 3. The van der Waals surface area contributed by atoms with Gasteiger partial charge in [0.15, 0.2) is 0 Å². The van der Waals surface area contributed by atoms with Crippen LogP contribution in [0, 0.1) is 5.82 Å². The van der Waals surface area contributed by atoms with E-state index in [9.17, 15) is 27.6 Å². The molecule has 2 amide bonds. The lowest BCUT2D eigenvalue weighted by Gasteiger charge is -2.39. The van der Waals surface area contributed by atoms with Crippen LogP contribution in [0.4, 0.5) is 34.8 Å². The van der Waals surface area contributed by atoms with Crippen LogP contribution in [-0.4, -0.2) is 59.4 Å². The quantitative estimate of drug-likeness (QED) is 0.418. The summed E-state index contributed by atoms with van der Waals surface area (Å²) in [7, 11) is 1.95. The number of piperazine rings is 1. The van der Waals surface area contributed by atoms with Gasteiger partial charge in [-0.1, -0.05) is 0 Å². The highest BCUT2D eigenvalue weighted by Crippen LogP contribution is 2.36. The lowest BCUT2D eigenvalue weighted by Crippen LogP contribution is -2.50. The third-order valence-electron chi connectivity index (χ3n) is 6.49. The molecule has 0 radical (unpaired) electrons. The second-order valence-electron chi connectivity index (χ2n) is 9.31. The highest BCUT2D eigenvalue weighted by atomic mass is 19.4. The molecular formula is C26H26F4N6O3. The van der Waals surface area contributed by atoms with Crippen molar-refractivity contribution in [1.82, 2.24) is 14.9 Å². The van der Waals surface area contributed by atoms with Gasteiger partial charge in [-0.25, -0.2) is 9.37 Å². The van der Waals surface area contributed by atoms with Crippen LogP contribution >= 0.6 is 0 Å². The molecule has 13 heteroatoms. The predicted molar refractivity (Wildman–Crippen MR) is 138 cm³/mol. The summed E-state index contributed by atoms with van der Waals surface area (Å²) >= 11 is 0. The number of benzene rings is 1. The van der Waals surface area contributed by atoms with Crippen LogP contribution in [0.3, 0.4) is 0 Å². The normalized spacial score (nSPS) is 16.2. The van der Waals surface area contributed by atoms with Gasteiger partial charge < -0.3 is 25.4 Å². The number of carbonyl (C=O) groups is 2. The Labute approximate surface area is 220 Å². The highest BCUT2D eigenvalue weighted by molar-refractivity contribution is 6.07. The molecule has 206 valence electrons. The summed E-state index contributed by atoms with van der Waals surface area (Å²) in [4.78, 5) is 46.1. The van der Waals surface area contributed by atoms with Gasteiger partial charge in [0, 0.05) is 62.2 Å². The maximum Gasteiger partial charge on any atom is 0.417 e. The van der Waals surface area contributed by atoms with E-state index in [-0.39, 0.29) is 29.0 Å². The molecule has 0 aliphatic carbocycles. The molecule has 39 heavy (non-hydrogen) atoms. The molecular weight excluding hydrogens is 520 g/mol. The number of amides is 2. The Morgan fingerprint density at radius 3 is 2.49 bits per heavy atom. The molecule has 1 aromatic carbocycles. The van der Waals surface area contributed by atoms with Crippen molar-refractivity contribution in [2.24, 2.45) is 0 Å². The van der Waals surface area contributed by atoms with E-state index in [1.807, 2.05) is 18.9 Å². The minimum Gasteiger partial charge on any atom is -0.367 e. The van der Waals surface area contributed by atoms with E-state index in [1.54, 1.807) is 0 Å². The van der Waals surface area contributed by atoms with Crippen LogP contribution in [0.5, 0.6) is 0 Å². The van der Waals surface area contributed by atoms with Crippen molar-refractivity contribution in [3.8, 4) is 11.1 Å². The maximum atomic E-state index is 15.4. The van der Waals surface area contributed by atoms with Gasteiger partial charge in [-0.05, 0) is 38.2 Å². The number of rotatable bonds is 5. The van der Waals surface area contributed by atoms with Crippen LogP contribution < -0.4 is 21.1 Å². The van der Waals surface area contributed by atoms with E-state index in [2.05, 4.69) is 25.5 Å². The summed E-state index contributed by atoms with van der Waals surface area (Å²) < 4.78 is 56.2. The zero-order valence-electron chi connectivity index (χ0n) is 21.3. The number of pyridine rings is 2. The number of alkyl halides is 3. The van der Waals surface area contributed by atoms with Crippen molar-refractivity contribution in [1.29, 1.82) is 0 Å². The molecule has 0 bridgehead atoms. The van der Waals surface area contributed by atoms with E-state index in [4.69, 9.17) is 0 Å². The van der Waals surface area contributed by atoms with Gasteiger partial charge >= 0.3 is 6.18 Å². The minimum atomic E-state index is -4.95. The first-order chi connectivity index (χ1) is 18.3. The van der Waals surface area contributed by atoms with E-state index < -0.39 is 34.6 Å². The van der Waals surface area contributed by atoms with E-state index in [0.717, 1.165) is 0 Å². The second-order valence-corrected chi connectivity index (χ2v) is 9.31. The van der Waals surface area contributed by atoms with E-state index in [0.29, 0.717) is 43.1 Å². The van der Waals surface area contributed by atoms with Crippen LogP contribution in [0.2, 0.25) is 0 Å². The SMILES string of the molecule is CC(=O)Nc1ccc(-c2cc(NC(=O)c3c[nH]c(=O)cc3C(F)(F)F)c(N3CCN(C)[C@H](C)C3)cc2F)cn1. The van der Waals surface area contributed by atoms with Crippen molar-refractivity contribution in [3.05, 3.63) is 70.0 Å². The molecule has 0 saturated carbocycles. The van der Waals surface area contributed by atoms with Gasteiger partial charge in [-0.2, -0.15) is 13.2 Å². The summed E-state index contributed by atoms with van der Waals surface area (Å²) in [5.41, 5.74) is -2.45. The molecule has 3 aromatic rings. The monoisotopic (exact) mass is 546 g/mol. The summed E-state index contributed by atoms with van der Waals surface area (Å²) in [5, 5.41) is 5.00.